The summed E-state index contributed by atoms with van der Waals surface area (Å²) < 4.78 is 0.627. The molecule has 0 saturated carbocycles. The molecule has 1 aromatic rings. The van der Waals surface area contributed by atoms with E-state index in [2.05, 4.69) is 37.2 Å². The molecule has 0 aromatic carbocycles. The van der Waals surface area contributed by atoms with Crippen molar-refractivity contribution in [1.82, 2.24) is 10.3 Å². The highest BCUT2D eigenvalue weighted by molar-refractivity contribution is 9.10. The normalized spacial score (nSPS) is 26.9. The van der Waals surface area contributed by atoms with E-state index in [1.807, 2.05) is 12.3 Å². The van der Waals surface area contributed by atoms with Gasteiger partial charge in [-0.25, -0.2) is 4.98 Å². The molecular formula is C12H13BrN4. The minimum absolute atomic E-state index is 0.582. The van der Waals surface area contributed by atoms with Crippen LogP contribution in [0.25, 0.3) is 0 Å². The summed E-state index contributed by atoms with van der Waals surface area (Å²) in [6.07, 6.45) is 3.10. The quantitative estimate of drug-likeness (QED) is 0.798. The number of rotatable bonds is 1. The van der Waals surface area contributed by atoms with Crippen LogP contribution in [0, 0.1) is 17.2 Å². The van der Waals surface area contributed by atoms with Gasteiger partial charge in [0.15, 0.2) is 0 Å². The van der Waals surface area contributed by atoms with Crippen LogP contribution in [-0.4, -0.2) is 30.7 Å². The van der Waals surface area contributed by atoms with Crippen molar-refractivity contribution in [2.75, 3.05) is 24.5 Å². The fourth-order valence-electron chi connectivity index (χ4n) is 2.69. The summed E-state index contributed by atoms with van der Waals surface area (Å²) in [7, 11) is 0. The maximum Gasteiger partial charge on any atom is 0.123 e. The van der Waals surface area contributed by atoms with Crippen molar-refractivity contribution >= 4 is 21.6 Å². The Labute approximate surface area is 109 Å². The number of anilines is 1. The summed E-state index contributed by atoms with van der Waals surface area (Å²) in [6, 6.07) is 4.66. The number of piperidine rings is 1. The smallest absolute Gasteiger partial charge is 0.123 e. The van der Waals surface area contributed by atoms with E-state index in [0.717, 1.165) is 31.2 Å². The molecule has 1 N–H and O–H groups in total. The van der Waals surface area contributed by atoms with Crippen LogP contribution in [0.1, 0.15) is 12.0 Å². The molecule has 2 fully saturated rings. The van der Waals surface area contributed by atoms with Crippen LogP contribution >= 0.6 is 15.9 Å². The first-order chi connectivity index (χ1) is 8.29. The molecule has 0 unspecified atom stereocenters. The van der Waals surface area contributed by atoms with Crippen molar-refractivity contribution in [1.29, 1.82) is 5.26 Å². The number of nitrogens with zero attached hydrogens (tertiary/aromatic N) is 3. The minimum atomic E-state index is 0.582. The second-order valence-electron chi connectivity index (χ2n) is 4.62. The summed E-state index contributed by atoms with van der Waals surface area (Å²) in [4.78, 5) is 6.57. The van der Waals surface area contributed by atoms with E-state index in [0.29, 0.717) is 16.2 Å². The van der Waals surface area contributed by atoms with Crippen LogP contribution in [0.2, 0.25) is 0 Å². The number of nitriles is 1. The highest BCUT2D eigenvalue weighted by Crippen LogP contribution is 2.34. The number of fused-ring (bicyclic) bond motifs is 1. The molecule has 0 aliphatic carbocycles. The Bertz CT molecular complexity index is 482. The lowest BCUT2D eigenvalue weighted by Gasteiger charge is -2.52. The standard InChI is InChI=1S/C12H13BrN4/c13-12-9(4-14)3-10(5-16-12)17-7-8-1-2-15-6-11(8)17/h3,5,8,11,15H,1-2,6-7H2/t8-,11-/m0/s1. The summed E-state index contributed by atoms with van der Waals surface area (Å²) >= 11 is 3.28. The largest absolute Gasteiger partial charge is 0.365 e. The van der Waals surface area contributed by atoms with Gasteiger partial charge in [-0.2, -0.15) is 5.26 Å². The number of hydrogen-bond donors (Lipinski definition) is 1. The Balaban J connectivity index is 1.84. The molecule has 2 saturated heterocycles. The minimum Gasteiger partial charge on any atom is -0.365 e. The molecule has 2 aliphatic rings. The number of hydrogen-bond acceptors (Lipinski definition) is 4. The Morgan fingerprint density at radius 3 is 3.24 bits per heavy atom. The van der Waals surface area contributed by atoms with Crippen LogP contribution in [-0.2, 0) is 0 Å². The first kappa shape index (κ1) is 11.0. The SMILES string of the molecule is N#Cc1cc(N2C[C@@H]3CCNC[C@@H]32)cnc1Br. The zero-order chi connectivity index (χ0) is 11.8. The first-order valence-electron chi connectivity index (χ1n) is 5.82. The molecule has 17 heavy (non-hydrogen) atoms. The molecule has 1 aromatic heterocycles. The molecule has 88 valence electrons. The zero-order valence-electron chi connectivity index (χ0n) is 9.36. The fraction of sp³-hybridized carbons (Fsp3) is 0.500. The van der Waals surface area contributed by atoms with Crippen molar-refractivity contribution in [2.45, 2.75) is 12.5 Å². The van der Waals surface area contributed by atoms with Crippen molar-refractivity contribution < 1.29 is 0 Å². The number of halogens is 1. The van der Waals surface area contributed by atoms with Crippen molar-refractivity contribution in [2.24, 2.45) is 5.92 Å². The van der Waals surface area contributed by atoms with Crippen LogP contribution in [0.3, 0.4) is 0 Å². The lowest BCUT2D eigenvalue weighted by atomic mass is 9.83. The van der Waals surface area contributed by atoms with Gasteiger partial charge in [-0.3, -0.25) is 0 Å². The van der Waals surface area contributed by atoms with Crippen molar-refractivity contribution in [3.63, 3.8) is 0 Å². The number of pyridine rings is 1. The van der Waals surface area contributed by atoms with Gasteiger partial charge in [0.25, 0.3) is 0 Å². The Morgan fingerprint density at radius 2 is 2.47 bits per heavy atom. The zero-order valence-corrected chi connectivity index (χ0v) is 10.9. The predicted octanol–water partition coefficient (Wildman–Crippen LogP) is 1.51. The number of nitrogens with one attached hydrogen (secondary N) is 1. The molecule has 4 nitrogen and oxygen atoms in total. The topological polar surface area (TPSA) is 52.0 Å². The van der Waals surface area contributed by atoms with Crippen molar-refractivity contribution in [3.05, 3.63) is 22.4 Å². The molecule has 3 heterocycles. The van der Waals surface area contributed by atoms with Gasteiger partial charge >= 0.3 is 0 Å². The molecule has 3 rings (SSSR count). The Kier molecular flexibility index (Phi) is 2.77. The van der Waals surface area contributed by atoms with Gasteiger partial charge in [0.1, 0.15) is 10.7 Å². The van der Waals surface area contributed by atoms with Gasteiger partial charge in [0, 0.05) is 19.1 Å². The average Bonchev–Trinajstić information content (AvgIpc) is 2.33. The molecule has 5 heteroatoms. The van der Waals surface area contributed by atoms with E-state index in [1.165, 1.54) is 6.42 Å². The molecule has 0 radical (unpaired) electrons. The van der Waals surface area contributed by atoms with E-state index in [9.17, 15) is 0 Å². The maximum atomic E-state index is 9.00. The van der Waals surface area contributed by atoms with Crippen LogP contribution in [0.5, 0.6) is 0 Å². The van der Waals surface area contributed by atoms with Crippen LogP contribution in [0.4, 0.5) is 5.69 Å². The van der Waals surface area contributed by atoms with Gasteiger partial charge in [-0.05, 0) is 40.9 Å². The summed E-state index contributed by atoms with van der Waals surface area (Å²) in [5, 5.41) is 12.4. The van der Waals surface area contributed by atoms with Crippen LogP contribution in [0.15, 0.2) is 16.9 Å². The first-order valence-corrected chi connectivity index (χ1v) is 6.62. The maximum absolute atomic E-state index is 9.00. The van der Waals surface area contributed by atoms with Gasteiger partial charge in [0.05, 0.1) is 17.4 Å². The predicted molar refractivity (Wildman–Crippen MR) is 68.8 cm³/mol. The van der Waals surface area contributed by atoms with E-state index >= 15 is 0 Å². The van der Waals surface area contributed by atoms with E-state index in [1.54, 1.807) is 0 Å². The van der Waals surface area contributed by atoms with Gasteiger partial charge in [0.2, 0.25) is 0 Å². The van der Waals surface area contributed by atoms with Gasteiger partial charge in [-0.1, -0.05) is 0 Å². The van der Waals surface area contributed by atoms with Gasteiger partial charge < -0.3 is 10.2 Å². The second-order valence-corrected chi connectivity index (χ2v) is 5.37. The second kappa shape index (κ2) is 4.28. The molecular weight excluding hydrogens is 280 g/mol. The number of aromatic nitrogens is 1. The molecule has 2 aliphatic heterocycles. The van der Waals surface area contributed by atoms with E-state index < -0.39 is 0 Å². The molecule has 2 atom stereocenters. The monoisotopic (exact) mass is 292 g/mol. The van der Waals surface area contributed by atoms with Crippen molar-refractivity contribution in [3.8, 4) is 6.07 Å². The molecule has 0 bridgehead atoms. The Hall–Kier alpha value is -1.12. The highest BCUT2D eigenvalue weighted by Gasteiger charge is 2.40. The average molecular weight is 293 g/mol. The van der Waals surface area contributed by atoms with Crippen LogP contribution < -0.4 is 10.2 Å². The van der Waals surface area contributed by atoms with Gasteiger partial charge in [-0.15, -0.1) is 0 Å². The van der Waals surface area contributed by atoms with E-state index in [-0.39, 0.29) is 0 Å². The summed E-state index contributed by atoms with van der Waals surface area (Å²) in [5.41, 5.74) is 1.67. The Morgan fingerprint density at radius 1 is 1.59 bits per heavy atom. The third-order valence-corrected chi connectivity index (χ3v) is 4.33. The molecule has 0 amide bonds. The lowest BCUT2D eigenvalue weighted by Crippen LogP contribution is -2.63. The third kappa shape index (κ3) is 1.81. The summed E-state index contributed by atoms with van der Waals surface area (Å²) in [5.74, 6) is 0.811. The lowest BCUT2D eigenvalue weighted by molar-refractivity contribution is 0.229. The summed E-state index contributed by atoms with van der Waals surface area (Å²) in [6.45, 7) is 3.28. The highest BCUT2D eigenvalue weighted by atomic mass is 79.9. The third-order valence-electron chi connectivity index (χ3n) is 3.70. The molecule has 0 spiro atoms. The fourth-order valence-corrected chi connectivity index (χ4v) is 3.00. The van der Waals surface area contributed by atoms with E-state index in [4.69, 9.17) is 5.26 Å².